The minimum Gasteiger partial charge on any atom is -0.785 e. The van der Waals surface area contributed by atoms with E-state index in [1.165, 1.54) is 22.6 Å². The van der Waals surface area contributed by atoms with Gasteiger partial charge in [0.2, 0.25) is 0 Å². The van der Waals surface area contributed by atoms with Crippen LogP contribution in [0.2, 0.25) is 0 Å². The van der Waals surface area contributed by atoms with Gasteiger partial charge >= 0.3 is 0 Å². The van der Waals surface area contributed by atoms with Crippen molar-refractivity contribution in [3.8, 4) is 0 Å². The van der Waals surface area contributed by atoms with Crippen molar-refractivity contribution in [2.45, 2.75) is 37.1 Å². The lowest BCUT2D eigenvalue weighted by atomic mass is 9.55. The fourth-order valence-electron chi connectivity index (χ4n) is 4.46. The number of rotatable bonds is 0. The molecule has 2 bridgehead atoms. The maximum atomic E-state index is 12.2. The number of hydrogen-bond acceptors (Lipinski definition) is 2. The summed E-state index contributed by atoms with van der Waals surface area (Å²) in [6.45, 7) is 0.694. The highest BCUT2D eigenvalue weighted by Crippen LogP contribution is 2.52. The van der Waals surface area contributed by atoms with Crippen molar-refractivity contribution in [2.24, 2.45) is 5.92 Å². The van der Waals surface area contributed by atoms with Crippen LogP contribution in [0.5, 0.6) is 0 Å². The topological polar surface area (TPSA) is 26.3 Å². The van der Waals surface area contributed by atoms with Gasteiger partial charge in [-0.15, -0.1) is 0 Å². The molecule has 0 radical (unpaired) electrons. The van der Waals surface area contributed by atoms with Gasteiger partial charge in [0.15, 0.2) is 0 Å². The van der Waals surface area contributed by atoms with E-state index in [9.17, 15) is 5.21 Å². The van der Waals surface area contributed by atoms with E-state index < -0.39 is 0 Å². The Morgan fingerprint density at radius 2 is 2.17 bits per heavy atom. The molecule has 0 unspecified atom stereocenters. The van der Waals surface area contributed by atoms with Crippen LogP contribution in [0.4, 0.5) is 0 Å². The second kappa shape index (κ2) is 3.69. The van der Waals surface area contributed by atoms with Gasteiger partial charge in [-0.25, -0.2) is 0 Å². The highest BCUT2D eigenvalue weighted by molar-refractivity contribution is 5.45. The van der Waals surface area contributed by atoms with Crippen LogP contribution in [0.15, 0.2) is 36.4 Å². The first-order chi connectivity index (χ1) is 8.81. The summed E-state index contributed by atoms with van der Waals surface area (Å²) in [5, 5.41) is 13.5. The van der Waals surface area contributed by atoms with E-state index in [0.717, 1.165) is 19.3 Å². The molecule has 0 saturated carbocycles. The zero-order chi connectivity index (χ0) is 12.2. The van der Waals surface area contributed by atoms with Crippen molar-refractivity contribution < 1.29 is 0 Å². The summed E-state index contributed by atoms with van der Waals surface area (Å²) in [5.41, 5.74) is 3.06. The summed E-state index contributed by atoms with van der Waals surface area (Å²) in [6, 6.07) is 8.96. The Labute approximate surface area is 108 Å². The highest BCUT2D eigenvalue weighted by atomic mass is 16.5. The molecule has 3 aliphatic rings. The molecule has 0 amide bonds. The Kier molecular flexibility index (Phi) is 2.21. The van der Waals surface area contributed by atoms with Gasteiger partial charge < -0.3 is 10.3 Å². The quantitative estimate of drug-likeness (QED) is 0.652. The summed E-state index contributed by atoms with van der Waals surface area (Å²) in [4.78, 5) is 0. The molecule has 2 nitrogen and oxygen atoms in total. The molecular weight excluding hydrogens is 222 g/mol. The average molecular weight is 240 g/mol. The minimum absolute atomic E-state index is 0.165. The predicted octanol–water partition coefficient (Wildman–Crippen LogP) is 3.02. The van der Waals surface area contributed by atoms with Gasteiger partial charge in [-0.05, 0) is 49.3 Å². The van der Waals surface area contributed by atoms with Crippen LogP contribution in [-0.4, -0.2) is 17.6 Å². The van der Waals surface area contributed by atoms with Crippen molar-refractivity contribution in [2.75, 3.05) is 6.54 Å². The average Bonchev–Trinajstić information content (AvgIpc) is 2.43. The lowest BCUT2D eigenvalue weighted by Gasteiger charge is -2.59. The molecule has 0 aromatic heterocycles. The van der Waals surface area contributed by atoms with Gasteiger partial charge in [0.1, 0.15) is 0 Å². The fraction of sp³-hybridized carbons (Fsp3) is 0.500. The normalized spacial score (nSPS) is 38.1. The molecule has 18 heavy (non-hydrogen) atoms. The predicted molar refractivity (Wildman–Crippen MR) is 72.2 cm³/mol. The number of nitrogens with zero attached hydrogens (tertiary/aromatic N) is 1. The molecule has 4 rings (SSSR count). The molecule has 0 N–H and O–H groups in total. The maximum absolute atomic E-state index is 12.2. The van der Waals surface area contributed by atoms with Gasteiger partial charge in [0.25, 0.3) is 0 Å². The third kappa shape index (κ3) is 1.25. The molecule has 1 aromatic carbocycles. The number of piperidine rings is 1. The van der Waals surface area contributed by atoms with Gasteiger partial charge in [-0.2, -0.15) is 0 Å². The van der Waals surface area contributed by atoms with Gasteiger partial charge in [-0.3, -0.25) is 0 Å². The standard InChI is InChI=1S/C16H18NO/c18-17-10-9-16-8-4-3-7-14(16)15(17)11-12-5-1-2-6-13(12)16/h1-2,4-6,8,14-15H,3,7,9-11H2/q-1/t14-,15+,16-/m0/s1. The van der Waals surface area contributed by atoms with E-state index in [1.54, 1.807) is 0 Å². The second-order valence-corrected chi connectivity index (χ2v) is 5.95. The molecule has 1 aliphatic heterocycles. The molecule has 2 aliphatic carbocycles. The maximum Gasteiger partial charge on any atom is 0.0189 e. The Balaban J connectivity index is 1.95. The first kappa shape index (κ1) is 10.8. The molecule has 1 aromatic rings. The first-order valence-corrected chi connectivity index (χ1v) is 7.01. The fourth-order valence-corrected chi connectivity index (χ4v) is 4.46. The molecule has 94 valence electrons. The van der Waals surface area contributed by atoms with Crippen LogP contribution in [0.25, 0.3) is 0 Å². The Morgan fingerprint density at radius 3 is 3.11 bits per heavy atom. The summed E-state index contributed by atoms with van der Waals surface area (Å²) in [7, 11) is 0. The zero-order valence-corrected chi connectivity index (χ0v) is 10.5. The van der Waals surface area contributed by atoms with E-state index in [4.69, 9.17) is 0 Å². The lowest BCUT2D eigenvalue weighted by Crippen LogP contribution is -2.58. The number of benzene rings is 1. The van der Waals surface area contributed by atoms with Crippen molar-refractivity contribution in [3.63, 3.8) is 0 Å². The van der Waals surface area contributed by atoms with Crippen LogP contribution in [0.1, 0.15) is 30.4 Å². The minimum atomic E-state index is 0.165. The van der Waals surface area contributed by atoms with Crippen molar-refractivity contribution >= 4 is 0 Å². The summed E-state index contributed by atoms with van der Waals surface area (Å²) in [5.74, 6) is 0.531. The third-order valence-electron chi connectivity index (χ3n) is 5.25. The van der Waals surface area contributed by atoms with Crippen LogP contribution >= 0.6 is 0 Å². The van der Waals surface area contributed by atoms with E-state index in [2.05, 4.69) is 36.4 Å². The van der Waals surface area contributed by atoms with Crippen molar-refractivity contribution in [1.82, 2.24) is 5.06 Å². The second-order valence-electron chi connectivity index (χ2n) is 5.95. The van der Waals surface area contributed by atoms with Crippen LogP contribution < -0.4 is 0 Å². The molecule has 1 heterocycles. The molecule has 1 fully saturated rings. The van der Waals surface area contributed by atoms with Gasteiger partial charge in [0, 0.05) is 11.5 Å². The first-order valence-electron chi connectivity index (χ1n) is 7.01. The number of allylic oxidation sites excluding steroid dienone is 2. The zero-order valence-electron chi connectivity index (χ0n) is 10.5. The third-order valence-corrected chi connectivity index (χ3v) is 5.25. The Bertz CT molecular complexity index is 510. The van der Waals surface area contributed by atoms with E-state index in [-0.39, 0.29) is 11.5 Å². The van der Waals surface area contributed by atoms with Gasteiger partial charge in [0.05, 0.1) is 0 Å². The van der Waals surface area contributed by atoms with Gasteiger partial charge in [-0.1, -0.05) is 36.4 Å². The smallest absolute Gasteiger partial charge is 0.0189 e. The Morgan fingerprint density at radius 1 is 1.28 bits per heavy atom. The lowest BCUT2D eigenvalue weighted by molar-refractivity contribution is 0.0602. The SMILES string of the molecule is [O-]N1CC[C@]23C=CCC[C@H]2[C@H]1Cc1ccccc13. The summed E-state index contributed by atoms with van der Waals surface area (Å²) < 4.78 is 0. The van der Waals surface area contributed by atoms with Crippen LogP contribution in [0, 0.1) is 11.1 Å². The molecular formula is C16H18NO-. The van der Waals surface area contributed by atoms with Crippen molar-refractivity contribution in [3.05, 3.63) is 52.8 Å². The van der Waals surface area contributed by atoms with E-state index in [1.807, 2.05) is 0 Å². The Hall–Kier alpha value is -1.12. The summed E-state index contributed by atoms with van der Waals surface area (Å²) in [6.07, 6.45) is 8.99. The number of fused-ring (bicyclic) bond motifs is 1. The van der Waals surface area contributed by atoms with E-state index >= 15 is 0 Å². The number of hydroxylamine groups is 2. The molecule has 0 spiro atoms. The molecule has 2 heteroatoms. The highest BCUT2D eigenvalue weighted by Gasteiger charge is 2.50. The van der Waals surface area contributed by atoms with Crippen LogP contribution in [-0.2, 0) is 11.8 Å². The van der Waals surface area contributed by atoms with E-state index in [0.29, 0.717) is 12.5 Å². The monoisotopic (exact) mass is 240 g/mol. The molecule has 3 atom stereocenters. The van der Waals surface area contributed by atoms with Crippen molar-refractivity contribution in [1.29, 1.82) is 0 Å². The molecule has 1 saturated heterocycles. The number of hydrogen-bond donors (Lipinski definition) is 0. The largest absolute Gasteiger partial charge is 0.785 e. The van der Waals surface area contributed by atoms with Crippen LogP contribution in [0.3, 0.4) is 0 Å². The summed E-state index contributed by atoms with van der Waals surface area (Å²) >= 11 is 0.